The molecular weight excluding hydrogens is 242 g/mol. The first-order chi connectivity index (χ1) is 8.16. The van der Waals surface area contributed by atoms with Crippen LogP contribution in [0.25, 0.3) is 0 Å². The Morgan fingerprint density at radius 1 is 1.12 bits per heavy atom. The molecule has 17 heavy (non-hydrogen) atoms. The zero-order chi connectivity index (χ0) is 12.3. The Morgan fingerprint density at radius 2 is 1.76 bits per heavy atom. The van der Waals surface area contributed by atoms with Gasteiger partial charge in [0, 0.05) is 12.8 Å². The van der Waals surface area contributed by atoms with Gasteiger partial charge in [0.25, 0.3) is 0 Å². The van der Waals surface area contributed by atoms with Crippen molar-refractivity contribution in [2.75, 3.05) is 0 Å². The fourth-order valence-corrected chi connectivity index (χ4v) is 1.82. The van der Waals surface area contributed by atoms with Gasteiger partial charge in [-0.15, -0.1) is 0 Å². The summed E-state index contributed by atoms with van der Waals surface area (Å²) in [7, 11) is 0. The van der Waals surface area contributed by atoms with Crippen LogP contribution >= 0.6 is 11.6 Å². The maximum absolute atomic E-state index is 11.7. The topological polar surface area (TPSA) is 63.2 Å². The van der Waals surface area contributed by atoms with Crippen molar-refractivity contribution in [2.45, 2.75) is 32.2 Å². The van der Waals surface area contributed by atoms with E-state index in [0.717, 1.165) is 12.8 Å². The van der Waals surface area contributed by atoms with E-state index in [1.807, 2.05) is 0 Å². The minimum atomic E-state index is -0.135. The zero-order valence-corrected chi connectivity index (χ0v) is 9.98. The van der Waals surface area contributed by atoms with Gasteiger partial charge in [-0.2, -0.15) is 0 Å². The molecule has 0 atom stereocenters. The third-order valence-corrected chi connectivity index (χ3v) is 2.82. The lowest BCUT2D eigenvalue weighted by atomic mass is 10.2. The number of carbonyl (C=O) groups excluding carboxylic acids is 2. The molecule has 6 heteroatoms. The number of aromatic nitrogens is 2. The summed E-state index contributed by atoms with van der Waals surface area (Å²) < 4.78 is 0. The molecule has 0 N–H and O–H groups in total. The molecule has 0 bridgehead atoms. The minimum Gasteiger partial charge on any atom is -0.276 e. The monoisotopic (exact) mass is 253 g/mol. The van der Waals surface area contributed by atoms with Gasteiger partial charge in [0.05, 0.1) is 24.6 Å². The highest BCUT2D eigenvalue weighted by atomic mass is 35.5. The molecule has 90 valence electrons. The summed E-state index contributed by atoms with van der Waals surface area (Å²) in [6.45, 7) is 0.182. The number of halogens is 1. The zero-order valence-electron chi connectivity index (χ0n) is 9.23. The molecule has 1 aromatic heterocycles. The third kappa shape index (κ3) is 3.00. The number of rotatable bonds is 2. The molecule has 1 aliphatic rings. The van der Waals surface area contributed by atoms with Gasteiger partial charge >= 0.3 is 0 Å². The summed E-state index contributed by atoms with van der Waals surface area (Å²) in [5.41, 5.74) is 0.568. The van der Waals surface area contributed by atoms with E-state index in [0.29, 0.717) is 23.7 Å². The maximum atomic E-state index is 11.7. The van der Waals surface area contributed by atoms with E-state index in [-0.39, 0.29) is 18.4 Å². The number of hydrogen-bond acceptors (Lipinski definition) is 4. The van der Waals surface area contributed by atoms with Gasteiger partial charge in [0.1, 0.15) is 5.15 Å². The number of carbonyl (C=O) groups is 2. The number of hydrogen-bond donors (Lipinski definition) is 0. The summed E-state index contributed by atoms with van der Waals surface area (Å²) >= 11 is 5.62. The summed E-state index contributed by atoms with van der Waals surface area (Å²) in [6, 6.07) is 0. The van der Waals surface area contributed by atoms with Crippen molar-refractivity contribution >= 4 is 23.4 Å². The van der Waals surface area contributed by atoms with Crippen molar-refractivity contribution < 1.29 is 9.59 Å². The average Bonchev–Trinajstić information content (AvgIpc) is 2.47. The highest BCUT2D eigenvalue weighted by Gasteiger charge is 2.24. The van der Waals surface area contributed by atoms with E-state index >= 15 is 0 Å². The summed E-state index contributed by atoms with van der Waals surface area (Å²) in [5.74, 6) is -0.270. The second-order valence-electron chi connectivity index (χ2n) is 3.91. The molecule has 1 aromatic rings. The van der Waals surface area contributed by atoms with Gasteiger partial charge < -0.3 is 0 Å². The average molecular weight is 254 g/mol. The minimum absolute atomic E-state index is 0.135. The van der Waals surface area contributed by atoms with Crippen molar-refractivity contribution in [1.29, 1.82) is 0 Å². The highest BCUT2D eigenvalue weighted by molar-refractivity contribution is 6.29. The fourth-order valence-electron chi connectivity index (χ4n) is 1.72. The van der Waals surface area contributed by atoms with Crippen LogP contribution in [0.1, 0.15) is 31.4 Å². The van der Waals surface area contributed by atoms with Crippen LogP contribution in [0.3, 0.4) is 0 Å². The molecule has 1 fully saturated rings. The van der Waals surface area contributed by atoms with Crippen LogP contribution in [0.2, 0.25) is 5.15 Å². The van der Waals surface area contributed by atoms with E-state index in [1.165, 1.54) is 17.3 Å². The van der Waals surface area contributed by atoms with Crippen LogP contribution in [0.4, 0.5) is 0 Å². The van der Waals surface area contributed by atoms with Crippen molar-refractivity contribution in [3.63, 3.8) is 0 Å². The number of imide groups is 1. The molecular formula is C11H12ClN3O2. The molecule has 0 aliphatic carbocycles. The molecule has 1 saturated heterocycles. The van der Waals surface area contributed by atoms with Gasteiger partial charge in [-0.25, -0.2) is 4.98 Å². The van der Waals surface area contributed by atoms with Gasteiger partial charge in [-0.05, 0) is 12.8 Å². The molecule has 0 saturated carbocycles. The molecule has 2 rings (SSSR count). The van der Waals surface area contributed by atoms with Gasteiger partial charge in [0.2, 0.25) is 11.8 Å². The first kappa shape index (κ1) is 12.0. The molecule has 0 aromatic carbocycles. The van der Waals surface area contributed by atoms with Crippen molar-refractivity contribution in [1.82, 2.24) is 14.9 Å². The van der Waals surface area contributed by atoms with Crippen LogP contribution in [0.15, 0.2) is 12.4 Å². The highest BCUT2D eigenvalue weighted by Crippen LogP contribution is 2.15. The predicted octanol–water partition coefficient (Wildman–Crippen LogP) is 1.56. The van der Waals surface area contributed by atoms with Crippen LogP contribution in [0.5, 0.6) is 0 Å². The lowest BCUT2D eigenvalue weighted by molar-refractivity contribution is -0.144. The van der Waals surface area contributed by atoms with E-state index in [4.69, 9.17) is 11.6 Å². The molecule has 5 nitrogen and oxygen atoms in total. The Hall–Kier alpha value is -1.49. The molecule has 0 unspecified atom stereocenters. The van der Waals surface area contributed by atoms with Crippen molar-refractivity contribution in [3.05, 3.63) is 23.2 Å². The van der Waals surface area contributed by atoms with E-state index in [2.05, 4.69) is 9.97 Å². The van der Waals surface area contributed by atoms with Crippen LogP contribution in [-0.4, -0.2) is 26.7 Å². The van der Waals surface area contributed by atoms with Gasteiger partial charge in [-0.1, -0.05) is 11.6 Å². The number of likely N-dealkylation sites (tertiary alicyclic amines) is 1. The van der Waals surface area contributed by atoms with E-state index in [9.17, 15) is 9.59 Å². The summed E-state index contributed by atoms with van der Waals surface area (Å²) in [5, 5.41) is 0.294. The van der Waals surface area contributed by atoms with E-state index < -0.39 is 0 Å². The van der Waals surface area contributed by atoms with Crippen molar-refractivity contribution in [2.24, 2.45) is 0 Å². The molecule has 1 aliphatic heterocycles. The first-order valence-corrected chi connectivity index (χ1v) is 5.84. The van der Waals surface area contributed by atoms with E-state index in [1.54, 1.807) is 0 Å². The largest absolute Gasteiger partial charge is 0.276 e. The normalized spacial score (nSPS) is 17.1. The molecule has 2 heterocycles. The lowest BCUT2D eigenvalue weighted by Crippen LogP contribution is -2.34. The summed E-state index contributed by atoms with van der Waals surface area (Å²) in [4.78, 5) is 32.6. The third-order valence-electron chi connectivity index (χ3n) is 2.63. The lowest BCUT2D eigenvalue weighted by Gasteiger charge is -2.17. The summed E-state index contributed by atoms with van der Waals surface area (Å²) in [6.07, 6.45) is 5.28. The van der Waals surface area contributed by atoms with Crippen LogP contribution in [0, 0.1) is 0 Å². The Morgan fingerprint density at radius 3 is 2.29 bits per heavy atom. The number of amides is 2. The SMILES string of the molecule is O=C1CCCCC(=O)N1Cc1cnc(Cl)cn1. The molecule has 0 radical (unpaired) electrons. The fraction of sp³-hybridized carbons (Fsp3) is 0.455. The molecule has 0 spiro atoms. The Labute approximate surface area is 104 Å². The smallest absolute Gasteiger partial charge is 0.229 e. The quantitative estimate of drug-likeness (QED) is 0.751. The van der Waals surface area contributed by atoms with Crippen LogP contribution < -0.4 is 0 Å². The molecule has 2 amide bonds. The predicted molar refractivity (Wildman–Crippen MR) is 61.1 cm³/mol. The second-order valence-corrected chi connectivity index (χ2v) is 4.30. The van der Waals surface area contributed by atoms with Crippen molar-refractivity contribution in [3.8, 4) is 0 Å². The maximum Gasteiger partial charge on any atom is 0.229 e. The second kappa shape index (κ2) is 5.23. The number of nitrogens with zero attached hydrogens (tertiary/aromatic N) is 3. The Kier molecular flexibility index (Phi) is 3.68. The Balaban J connectivity index is 2.12. The van der Waals surface area contributed by atoms with Gasteiger partial charge in [0.15, 0.2) is 0 Å². The standard InChI is InChI=1S/C11H12ClN3O2/c12-9-6-13-8(5-14-9)7-15-10(16)3-1-2-4-11(15)17/h5-6H,1-4,7H2. The Bertz CT molecular complexity index is 415. The van der Waals surface area contributed by atoms with Crippen LogP contribution in [-0.2, 0) is 16.1 Å². The first-order valence-electron chi connectivity index (χ1n) is 5.46. The van der Waals surface area contributed by atoms with Gasteiger partial charge in [-0.3, -0.25) is 19.5 Å².